The first kappa shape index (κ1) is 14.3. The van der Waals surface area contributed by atoms with Gasteiger partial charge >= 0.3 is 0 Å². The Bertz CT molecular complexity index is 440. The van der Waals surface area contributed by atoms with Gasteiger partial charge in [0.05, 0.1) is 6.04 Å². The van der Waals surface area contributed by atoms with Gasteiger partial charge < -0.3 is 5.73 Å². The van der Waals surface area contributed by atoms with Crippen LogP contribution in [0.3, 0.4) is 0 Å². The molecule has 0 bridgehead atoms. The summed E-state index contributed by atoms with van der Waals surface area (Å²) in [5, 5.41) is 0. The molecule has 1 aromatic rings. The summed E-state index contributed by atoms with van der Waals surface area (Å²) in [7, 11) is 0. The van der Waals surface area contributed by atoms with Gasteiger partial charge in [0, 0.05) is 8.95 Å². The zero-order valence-corrected chi connectivity index (χ0v) is 13.6. The Hall–Kier alpha value is -0.120. The highest BCUT2D eigenvalue weighted by atomic mass is 79.9. The third kappa shape index (κ3) is 3.69. The van der Waals surface area contributed by atoms with E-state index in [1.165, 1.54) is 43.2 Å². The van der Waals surface area contributed by atoms with Crippen LogP contribution in [0.5, 0.6) is 0 Å². The van der Waals surface area contributed by atoms with Gasteiger partial charge in [0.25, 0.3) is 0 Å². The van der Waals surface area contributed by atoms with Gasteiger partial charge in [-0.05, 0) is 49.4 Å². The predicted molar refractivity (Wildman–Crippen MR) is 84.6 cm³/mol. The summed E-state index contributed by atoms with van der Waals surface area (Å²) in [6.07, 6.45) is 9.94. The van der Waals surface area contributed by atoms with E-state index in [9.17, 15) is 0 Å². The van der Waals surface area contributed by atoms with Gasteiger partial charge in [-0.1, -0.05) is 56.4 Å². The highest BCUT2D eigenvalue weighted by molar-refractivity contribution is 9.11. The second-order valence-electron chi connectivity index (χ2n) is 4.88. The van der Waals surface area contributed by atoms with Crippen LogP contribution in [0.25, 0.3) is 0 Å². The Morgan fingerprint density at radius 3 is 2.67 bits per heavy atom. The molecule has 0 saturated heterocycles. The SMILES string of the molecule is NC(/C1=C/CCCCCC1)c1cc(Br)ccc1Br. The number of rotatable bonds is 2. The summed E-state index contributed by atoms with van der Waals surface area (Å²) >= 11 is 7.13. The molecule has 1 aliphatic rings. The number of hydrogen-bond donors (Lipinski definition) is 1. The fourth-order valence-corrected chi connectivity index (χ4v) is 3.32. The molecule has 2 N–H and O–H groups in total. The van der Waals surface area contributed by atoms with Crippen molar-refractivity contribution >= 4 is 31.9 Å². The number of hydrogen-bond acceptors (Lipinski definition) is 1. The summed E-state index contributed by atoms with van der Waals surface area (Å²) in [5.74, 6) is 0. The molecule has 0 radical (unpaired) electrons. The largest absolute Gasteiger partial charge is 0.321 e. The molecule has 98 valence electrons. The van der Waals surface area contributed by atoms with Gasteiger partial charge in [-0.25, -0.2) is 0 Å². The van der Waals surface area contributed by atoms with Crippen molar-refractivity contribution in [3.63, 3.8) is 0 Å². The van der Waals surface area contributed by atoms with E-state index in [0.29, 0.717) is 0 Å². The van der Waals surface area contributed by atoms with Gasteiger partial charge in [-0.3, -0.25) is 0 Å². The molecular weight excluding hydrogens is 354 g/mol. The Labute approximate surface area is 126 Å². The summed E-state index contributed by atoms with van der Waals surface area (Å²) < 4.78 is 2.18. The van der Waals surface area contributed by atoms with E-state index in [2.05, 4.69) is 50.1 Å². The van der Waals surface area contributed by atoms with Crippen LogP contribution in [-0.4, -0.2) is 0 Å². The van der Waals surface area contributed by atoms with Gasteiger partial charge in [0.15, 0.2) is 0 Å². The Kier molecular flexibility index (Phi) is 5.46. The second-order valence-corrected chi connectivity index (χ2v) is 6.65. The van der Waals surface area contributed by atoms with Gasteiger partial charge in [0.2, 0.25) is 0 Å². The van der Waals surface area contributed by atoms with Crippen LogP contribution in [0.1, 0.15) is 50.1 Å². The van der Waals surface area contributed by atoms with Crippen molar-refractivity contribution in [2.24, 2.45) is 5.73 Å². The lowest BCUT2D eigenvalue weighted by Crippen LogP contribution is -2.14. The molecule has 0 saturated carbocycles. The maximum Gasteiger partial charge on any atom is 0.0522 e. The molecule has 18 heavy (non-hydrogen) atoms. The van der Waals surface area contributed by atoms with Crippen molar-refractivity contribution in [1.29, 1.82) is 0 Å². The summed E-state index contributed by atoms with van der Waals surface area (Å²) in [6, 6.07) is 6.24. The molecule has 0 aromatic heterocycles. The topological polar surface area (TPSA) is 26.0 Å². The fourth-order valence-electron chi connectivity index (χ4n) is 2.45. The molecule has 0 heterocycles. The Balaban J connectivity index is 2.23. The van der Waals surface area contributed by atoms with E-state index >= 15 is 0 Å². The number of nitrogens with two attached hydrogens (primary N) is 1. The number of halogens is 2. The Morgan fingerprint density at radius 2 is 1.83 bits per heavy atom. The molecule has 0 amide bonds. The molecule has 2 rings (SSSR count). The summed E-state index contributed by atoms with van der Waals surface area (Å²) in [4.78, 5) is 0. The summed E-state index contributed by atoms with van der Waals surface area (Å²) in [5.41, 5.74) is 9.01. The maximum atomic E-state index is 6.44. The van der Waals surface area contributed by atoms with Crippen LogP contribution in [0.4, 0.5) is 0 Å². The normalized spacial score (nSPS) is 21.6. The molecule has 1 aliphatic carbocycles. The average molecular weight is 373 g/mol. The minimum absolute atomic E-state index is 0.0231. The highest BCUT2D eigenvalue weighted by Crippen LogP contribution is 2.32. The number of benzene rings is 1. The van der Waals surface area contributed by atoms with E-state index in [1.807, 2.05) is 6.07 Å². The van der Waals surface area contributed by atoms with Crippen LogP contribution >= 0.6 is 31.9 Å². The summed E-state index contributed by atoms with van der Waals surface area (Å²) in [6.45, 7) is 0. The molecule has 1 nitrogen and oxygen atoms in total. The molecule has 1 unspecified atom stereocenters. The third-order valence-electron chi connectivity index (χ3n) is 3.52. The Morgan fingerprint density at radius 1 is 1.06 bits per heavy atom. The van der Waals surface area contributed by atoms with E-state index in [-0.39, 0.29) is 6.04 Å². The molecule has 0 aliphatic heterocycles. The van der Waals surface area contributed by atoms with Crippen molar-refractivity contribution in [1.82, 2.24) is 0 Å². The lowest BCUT2D eigenvalue weighted by atomic mass is 9.91. The molecule has 0 fully saturated rings. The highest BCUT2D eigenvalue weighted by Gasteiger charge is 2.15. The lowest BCUT2D eigenvalue weighted by Gasteiger charge is -2.20. The predicted octanol–water partition coefficient (Wildman–Crippen LogP) is 5.49. The first-order valence-corrected chi connectivity index (χ1v) is 8.16. The van der Waals surface area contributed by atoms with Crippen LogP contribution in [0.2, 0.25) is 0 Å². The average Bonchev–Trinajstić information content (AvgIpc) is 2.31. The molecule has 3 heteroatoms. The van der Waals surface area contributed by atoms with Crippen molar-refractivity contribution in [3.8, 4) is 0 Å². The molecule has 1 aromatic carbocycles. The van der Waals surface area contributed by atoms with Gasteiger partial charge in [0.1, 0.15) is 0 Å². The smallest absolute Gasteiger partial charge is 0.0522 e. The van der Waals surface area contributed by atoms with Crippen LogP contribution in [-0.2, 0) is 0 Å². The second kappa shape index (κ2) is 6.88. The zero-order chi connectivity index (χ0) is 13.0. The first-order chi connectivity index (χ1) is 8.68. The van der Waals surface area contributed by atoms with Crippen molar-refractivity contribution in [2.75, 3.05) is 0 Å². The van der Waals surface area contributed by atoms with Crippen LogP contribution in [0, 0.1) is 0 Å². The van der Waals surface area contributed by atoms with Crippen molar-refractivity contribution in [3.05, 3.63) is 44.4 Å². The standard InChI is InChI=1S/C15H19Br2N/c16-12-8-9-14(17)13(10-12)15(18)11-6-4-2-1-3-5-7-11/h6,8-10,15H,1-5,7,18H2/b11-6+. The monoisotopic (exact) mass is 371 g/mol. The maximum absolute atomic E-state index is 6.44. The number of allylic oxidation sites excluding steroid dienone is 1. The minimum atomic E-state index is 0.0231. The van der Waals surface area contributed by atoms with E-state index < -0.39 is 0 Å². The van der Waals surface area contributed by atoms with Gasteiger partial charge in [-0.2, -0.15) is 0 Å². The van der Waals surface area contributed by atoms with Crippen molar-refractivity contribution in [2.45, 2.75) is 44.6 Å². The third-order valence-corrected chi connectivity index (χ3v) is 4.73. The van der Waals surface area contributed by atoms with Gasteiger partial charge in [-0.15, -0.1) is 0 Å². The van der Waals surface area contributed by atoms with Crippen LogP contribution in [0.15, 0.2) is 38.8 Å². The zero-order valence-electron chi connectivity index (χ0n) is 10.5. The first-order valence-electron chi connectivity index (χ1n) is 6.58. The van der Waals surface area contributed by atoms with E-state index in [0.717, 1.165) is 15.4 Å². The lowest BCUT2D eigenvalue weighted by molar-refractivity contribution is 0.602. The van der Waals surface area contributed by atoms with E-state index in [1.54, 1.807) is 0 Å². The molecule has 0 spiro atoms. The molecule has 1 atom stereocenters. The molecular formula is C15H19Br2N. The van der Waals surface area contributed by atoms with Crippen molar-refractivity contribution < 1.29 is 0 Å². The minimum Gasteiger partial charge on any atom is -0.321 e. The van der Waals surface area contributed by atoms with Crippen LogP contribution < -0.4 is 5.73 Å². The fraction of sp³-hybridized carbons (Fsp3) is 0.467. The van der Waals surface area contributed by atoms with E-state index in [4.69, 9.17) is 5.73 Å². The quantitative estimate of drug-likeness (QED) is 0.682.